The highest BCUT2D eigenvalue weighted by Crippen LogP contribution is 2.31. The number of anilines is 2. The van der Waals surface area contributed by atoms with Crippen LogP contribution in [0.4, 0.5) is 15.2 Å². The summed E-state index contributed by atoms with van der Waals surface area (Å²) in [5.41, 5.74) is 1.49. The lowest BCUT2D eigenvalue weighted by atomic mass is 10.3. The van der Waals surface area contributed by atoms with E-state index < -0.39 is 5.82 Å². The molecule has 3 rings (SSSR count). The van der Waals surface area contributed by atoms with E-state index in [0.29, 0.717) is 22.4 Å². The van der Waals surface area contributed by atoms with E-state index in [1.165, 1.54) is 17.4 Å². The maximum atomic E-state index is 13.8. The van der Waals surface area contributed by atoms with Crippen molar-refractivity contribution < 1.29 is 9.13 Å². The topological polar surface area (TPSA) is 34.1 Å². The number of rotatable bonds is 4. The molecule has 0 spiro atoms. The fourth-order valence-electron chi connectivity index (χ4n) is 1.93. The Hall–Kier alpha value is -1.85. The zero-order valence-corrected chi connectivity index (χ0v) is 12.8. The van der Waals surface area contributed by atoms with Crippen LogP contribution in [-0.4, -0.2) is 11.6 Å². The lowest BCUT2D eigenvalue weighted by Gasteiger charge is -2.07. The predicted octanol–water partition coefficient (Wildman–Crippen LogP) is 5.23. The highest BCUT2D eigenvalue weighted by atomic mass is 35.5. The summed E-state index contributed by atoms with van der Waals surface area (Å²) < 4.78 is 20.0. The molecule has 0 amide bonds. The molecule has 0 bridgehead atoms. The molecule has 1 heterocycles. The Balaban J connectivity index is 1.86. The minimum atomic E-state index is -0.397. The van der Waals surface area contributed by atoms with Gasteiger partial charge in [0.15, 0.2) is 16.7 Å². The van der Waals surface area contributed by atoms with Crippen LogP contribution in [0.15, 0.2) is 36.4 Å². The molecule has 0 unspecified atom stereocenters. The van der Waals surface area contributed by atoms with Gasteiger partial charge in [0.05, 0.1) is 16.8 Å². The standard InChI is InChI=1S/C15H12ClFN2OS/c1-2-20-13-6-4-10(8-11(13)17)18-15-19-12-5-3-9(16)7-14(12)21-15/h3-8H,2H2,1H3,(H,18,19). The minimum Gasteiger partial charge on any atom is -0.491 e. The summed E-state index contributed by atoms with van der Waals surface area (Å²) in [7, 11) is 0. The van der Waals surface area contributed by atoms with Crippen LogP contribution in [0.2, 0.25) is 5.02 Å². The second kappa shape index (κ2) is 5.87. The third-order valence-corrected chi connectivity index (χ3v) is 4.00. The van der Waals surface area contributed by atoms with E-state index >= 15 is 0 Å². The van der Waals surface area contributed by atoms with Crippen LogP contribution in [0.3, 0.4) is 0 Å². The molecule has 1 aromatic heterocycles. The lowest BCUT2D eigenvalue weighted by Crippen LogP contribution is -1.96. The fourth-order valence-corrected chi connectivity index (χ4v) is 3.09. The number of benzene rings is 2. The molecule has 0 saturated carbocycles. The van der Waals surface area contributed by atoms with E-state index in [4.69, 9.17) is 16.3 Å². The zero-order valence-electron chi connectivity index (χ0n) is 11.2. The molecule has 6 heteroatoms. The van der Waals surface area contributed by atoms with E-state index in [-0.39, 0.29) is 5.75 Å². The molecule has 1 N–H and O–H groups in total. The molecule has 2 aromatic carbocycles. The Morgan fingerprint density at radius 2 is 2.14 bits per heavy atom. The van der Waals surface area contributed by atoms with Crippen LogP contribution in [0.1, 0.15) is 6.92 Å². The van der Waals surface area contributed by atoms with Crippen molar-refractivity contribution in [2.24, 2.45) is 0 Å². The molecule has 0 atom stereocenters. The first-order valence-electron chi connectivity index (χ1n) is 6.41. The van der Waals surface area contributed by atoms with Crippen molar-refractivity contribution in [2.75, 3.05) is 11.9 Å². The van der Waals surface area contributed by atoms with Crippen LogP contribution in [0, 0.1) is 5.82 Å². The van der Waals surface area contributed by atoms with Crippen molar-refractivity contribution in [1.29, 1.82) is 0 Å². The summed E-state index contributed by atoms with van der Waals surface area (Å²) >= 11 is 7.42. The molecule has 3 aromatic rings. The van der Waals surface area contributed by atoms with E-state index in [9.17, 15) is 4.39 Å². The van der Waals surface area contributed by atoms with Gasteiger partial charge < -0.3 is 10.1 Å². The fraction of sp³-hybridized carbons (Fsp3) is 0.133. The molecular formula is C15H12ClFN2OS. The number of hydrogen-bond donors (Lipinski definition) is 1. The van der Waals surface area contributed by atoms with Crippen molar-refractivity contribution in [3.05, 3.63) is 47.2 Å². The monoisotopic (exact) mass is 322 g/mol. The third-order valence-electron chi connectivity index (χ3n) is 2.83. The predicted molar refractivity (Wildman–Crippen MR) is 85.5 cm³/mol. The molecule has 3 nitrogen and oxygen atoms in total. The van der Waals surface area contributed by atoms with Gasteiger partial charge in [-0.2, -0.15) is 0 Å². The Morgan fingerprint density at radius 3 is 2.90 bits per heavy atom. The number of halogens is 2. The van der Waals surface area contributed by atoms with Gasteiger partial charge in [0.25, 0.3) is 0 Å². The quantitative estimate of drug-likeness (QED) is 0.714. The molecule has 0 radical (unpaired) electrons. The summed E-state index contributed by atoms with van der Waals surface area (Å²) in [5, 5.41) is 4.45. The van der Waals surface area contributed by atoms with E-state index in [2.05, 4.69) is 10.3 Å². The van der Waals surface area contributed by atoms with Gasteiger partial charge in [0.1, 0.15) is 0 Å². The summed E-state index contributed by atoms with van der Waals surface area (Å²) in [6.07, 6.45) is 0. The Labute approximate surface area is 130 Å². The van der Waals surface area contributed by atoms with Gasteiger partial charge in [-0.3, -0.25) is 0 Å². The maximum absolute atomic E-state index is 13.8. The van der Waals surface area contributed by atoms with E-state index in [1.807, 2.05) is 19.1 Å². The van der Waals surface area contributed by atoms with E-state index in [0.717, 1.165) is 10.2 Å². The highest BCUT2D eigenvalue weighted by Gasteiger charge is 2.07. The highest BCUT2D eigenvalue weighted by molar-refractivity contribution is 7.22. The van der Waals surface area contributed by atoms with Crippen LogP contribution >= 0.6 is 22.9 Å². The van der Waals surface area contributed by atoms with Crippen LogP contribution < -0.4 is 10.1 Å². The SMILES string of the molecule is CCOc1ccc(Nc2nc3ccc(Cl)cc3s2)cc1F. The number of nitrogens with one attached hydrogen (secondary N) is 1. The number of thiazole rings is 1. The van der Waals surface area contributed by atoms with Crippen LogP contribution in [-0.2, 0) is 0 Å². The molecule has 0 aliphatic heterocycles. The molecule has 0 saturated heterocycles. The van der Waals surface area contributed by atoms with E-state index in [1.54, 1.807) is 18.2 Å². The van der Waals surface area contributed by atoms with Gasteiger partial charge >= 0.3 is 0 Å². The largest absolute Gasteiger partial charge is 0.491 e. The Kier molecular flexibility index (Phi) is 3.94. The second-order valence-electron chi connectivity index (χ2n) is 4.33. The zero-order chi connectivity index (χ0) is 14.8. The second-order valence-corrected chi connectivity index (χ2v) is 5.80. The van der Waals surface area contributed by atoms with Gasteiger partial charge in [-0.1, -0.05) is 22.9 Å². The number of fused-ring (bicyclic) bond motifs is 1. The van der Waals surface area contributed by atoms with Crippen LogP contribution in [0.5, 0.6) is 5.75 Å². The number of aromatic nitrogens is 1. The maximum Gasteiger partial charge on any atom is 0.188 e. The van der Waals surface area contributed by atoms with Crippen molar-refractivity contribution in [1.82, 2.24) is 4.98 Å². The lowest BCUT2D eigenvalue weighted by molar-refractivity contribution is 0.321. The van der Waals surface area contributed by atoms with Gasteiger partial charge in [0, 0.05) is 16.8 Å². The molecule has 21 heavy (non-hydrogen) atoms. The Bertz CT molecular complexity index is 790. The third kappa shape index (κ3) is 3.09. The smallest absolute Gasteiger partial charge is 0.188 e. The molecule has 0 aliphatic carbocycles. The number of ether oxygens (including phenoxy) is 1. The molecular weight excluding hydrogens is 311 g/mol. The van der Waals surface area contributed by atoms with Crippen molar-refractivity contribution >= 4 is 44.0 Å². The van der Waals surface area contributed by atoms with Crippen molar-refractivity contribution in [3.63, 3.8) is 0 Å². The first-order chi connectivity index (χ1) is 10.2. The summed E-state index contributed by atoms with van der Waals surface area (Å²) in [5.74, 6) is -0.148. The van der Waals surface area contributed by atoms with Crippen molar-refractivity contribution in [3.8, 4) is 5.75 Å². The summed E-state index contributed by atoms with van der Waals surface area (Å²) in [6, 6.07) is 10.3. The normalized spacial score (nSPS) is 10.8. The van der Waals surface area contributed by atoms with Gasteiger partial charge in [0.2, 0.25) is 0 Å². The number of nitrogens with zero attached hydrogens (tertiary/aromatic N) is 1. The average molecular weight is 323 g/mol. The summed E-state index contributed by atoms with van der Waals surface area (Å²) in [4.78, 5) is 4.43. The van der Waals surface area contributed by atoms with Gasteiger partial charge in [-0.05, 0) is 37.3 Å². The summed E-state index contributed by atoms with van der Waals surface area (Å²) in [6.45, 7) is 2.25. The van der Waals surface area contributed by atoms with Gasteiger partial charge in [-0.15, -0.1) is 0 Å². The van der Waals surface area contributed by atoms with Gasteiger partial charge in [-0.25, -0.2) is 9.37 Å². The minimum absolute atomic E-state index is 0.249. The molecule has 108 valence electrons. The number of hydrogen-bond acceptors (Lipinski definition) is 4. The average Bonchev–Trinajstić information content (AvgIpc) is 2.83. The van der Waals surface area contributed by atoms with Crippen molar-refractivity contribution in [2.45, 2.75) is 6.92 Å². The molecule has 0 fully saturated rings. The Morgan fingerprint density at radius 1 is 1.29 bits per heavy atom. The van der Waals surface area contributed by atoms with Crippen LogP contribution in [0.25, 0.3) is 10.2 Å². The molecule has 0 aliphatic rings. The first kappa shape index (κ1) is 14.1. The first-order valence-corrected chi connectivity index (χ1v) is 7.60.